The summed E-state index contributed by atoms with van der Waals surface area (Å²) in [6, 6.07) is 12.9. The molecule has 1 aromatic heterocycles. The predicted octanol–water partition coefficient (Wildman–Crippen LogP) is 5.12. The van der Waals surface area contributed by atoms with Gasteiger partial charge in [-0.1, -0.05) is 23.4 Å². The summed E-state index contributed by atoms with van der Waals surface area (Å²) in [7, 11) is 1.63. The number of benzene rings is 2. The summed E-state index contributed by atoms with van der Waals surface area (Å²) in [5.41, 5.74) is 1.62. The molecule has 0 radical (unpaired) electrons. The molecule has 0 fully saturated rings. The highest BCUT2D eigenvalue weighted by molar-refractivity contribution is 9.10. The fourth-order valence-electron chi connectivity index (χ4n) is 2.54. The zero-order valence-corrected chi connectivity index (χ0v) is 18.4. The summed E-state index contributed by atoms with van der Waals surface area (Å²) >= 11 is 10.7. The first kappa shape index (κ1) is 20.7. The van der Waals surface area contributed by atoms with Crippen LogP contribution < -0.4 is 10.1 Å². The highest BCUT2D eigenvalue weighted by atomic mass is 79.9. The molecule has 0 atom stereocenters. The third kappa shape index (κ3) is 4.87. The standard InChI is InChI=1S/C19H18BrClN4O2S/c1-3-25-18(12-4-7-14(27-2)8-5-12)23-24-19(25)28-11-17(26)22-13-6-9-16(21)15(20)10-13/h4-10H,3,11H2,1-2H3,(H,22,26). The zero-order chi connectivity index (χ0) is 20.1. The van der Waals surface area contributed by atoms with Gasteiger partial charge in [0, 0.05) is 22.3 Å². The lowest BCUT2D eigenvalue weighted by molar-refractivity contribution is -0.113. The SMILES string of the molecule is CCn1c(SCC(=O)Nc2ccc(Cl)c(Br)c2)nnc1-c1ccc(OC)cc1. The van der Waals surface area contributed by atoms with Crippen molar-refractivity contribution < 1.29 is 9.53 Å². The third-order valence-corrected chi connectivity index (χ3v) is 6.10. The number of aromatic nitrogens is 3. The third-order valence-electron chi connectivity index (χ3n) is 3.92. The molecule has 3 aromatic rings. The normalized spacial score (nSPS) is 10.7. The van der Waals surface area contributed by atoms with Gasteiger partial charge in [-0.2, -0.15) is 0 Å². The van der Waals surface area contributed by atoms with Crippen molar-refractivity contribution in [1.82, 2.24) is 14.8 Å². The number of nitrogens with one attached hydrogen (secondary N) is 1. The van der Waals surface area contributed by atoms with E-state index in [1.165, 1.54) is 11.8 Å². The van der Waals surface area contributed by atoms with E-state index in [-0.39, 0.29) is 11.7 Å². The molecule has 0 aliphatic rings. The van der Waals surface area contributed by atoms with E-state index in [2.05, 4.69) is 31.4 Å². The molecule has 3 rings (SSSR count). The molecule has 28 heavy (non-hydrogen) atoms. The second-order valence-corrected chi connectivity index (χ2v) is 7.95. The van der Waals surface area contributed by atoms with E-state index >= 15 is 0 Å². The molecule has 0 aliphatic carbocycles. The summed E-state index contributed by atoms with van der Waals surface area (Å²) in [5, 5.41) is 12.7. The first-order chi connectivity index (χ1) is 13.5. The number of rotatable bonds is 7. The molecule has 6 nitrogen and oxygen atoms in total. The van der Waals surface area contributed by atoms with Crippen LogP contribution in [0.3, 0.4) is 0 Å². The molecule has 9 heteroatoms. The molecule has 0 aliphatic heterocycles. The van der Waals surface area contributed by atoms with E-state index in [1.54, 1.807) is 25.3 Å². The van der Waals surface area contributed by atoms with E-state index in [4.69, 9.17) is 16.3 Å². The first-order valence-corrected chi connectivity index (χ1v) is 10.6. The second-order valence-electron chi connectivity index (χ2n) is 5.74. The van der Waals surface area contributed by atoms with Gasteiger partial charge in [-0.05, 0) is 65.3 Å². The van der Waals surface area contributed by atoms with Crippen LogP contribution in [0.1, 0.15) is 6.92 Å². The summed E-state index contributed by atoms with van der Waals surface area (Å²) in [4.78, 5) is 12.3. The summed E-state index contributed by atoms with van der Waals surface area (Å²) < 4.78 is 7.91. The number of hydrogen-bond acceptors (Lipinski definition) is 5. The van der Waals surface area contributed by atoms with Gasteiger partial charge in [-0.3, -0.25) is 4.79 Å². The molecule has 2 aromatic carbocycles. The van der Waals surface area contributed by atoms with Crippen molar-refractivity contribution in [2.24, 2.45) is 0 Å². The Balaban J connectivity index is 1.67. The molecule has 1 heterocycles. The molecule has 0 saturated carbocycles. The Kier molecular flexibility index (Phi) is 6.98. The highest BCUT2D eigenvalue weighted by Gasteiger charge is 2.15. The zero-order valence-electron chi connectivity index (χ0n) is 15.3. The van der Waals surface area contributed by atoms with Crippen LogP contribution >= 0.6 is 39.3 Å². The Morgan fingerprint density at radius 2 is 2.00 bits per heavy atom. The smallest absolute Gasteiger partial charge is 0.234 e. The topological polar surface area (TPSA) is 69.0 Å². The molecule has 146 valence electrons. The fraction of sp³-hybridized carbons (Fsp3) is 0.211. The number of ether oxygens (including phenoxy) is 1. The van der Waals surface area contributed by atoms with Gasteiger partial charge in [-0.25, -0.2) is 0 Å². The molecular weight excluding hydrogens is 464 g/mol. The lowest BCUT2D eigenvalue weighted by Crippen LogP contribution is -2.14. The first-order valence-electron chi connectivity index (χ1n) is 8.47. The van der Waals surface area contributed by atoms with E-state index < -0.39 is 0 Å². The van der Waals surface area contributed by atoms with Crippen molar-refractivity contribution in [3.63, 3.8) is 0 Å². The summed E-state index contributed by atoms with van der Waals surface area (Å²) in [5.74, 6) is 1.64. The maximum atomic E-state index is 12.3. The summed E-state index contributed by atoms with van der Waals surface area (Å²) in [6.07, 6.45) is 0. The molecule has 1 amide bonds. The number of anilines is 1. The minimum atomic E-state index is -0.129. The number of halogens is 2. The monoisotopic (exact) mass is 480 g/mol. The van der Waals surface area contributed by atoms with Crippen LogP contribution in [0.25, 0.3) is 11.4 Å². The van der Waals surface area contributed by atoms with Crippen LogP contribution in [0.4, 0.5) is 5.69 Å². The molecule has 0 bridgehead atoms. The number of thioether (sulfide) groups is 1. The van der Waals surface area contributed by atoms with Crippen LogP contribution in [-0.4, -0.2) is 33.5 Å². The van der Waals surface area contributed by atoms with Crippen LogP contribution in [-0.2, 0) is 11.3 Å². The number of carbonyl (C=O) groups is 1. The largest absolute Gasteiger partial charge is 0.497 e. The van der Waals surface area contributed by atoms with E-state index in [1.807, 2.05) is 35.8 Å². The van der Waals surface area contributed by atoms with E-state index in [0.717, 1.165) is 21.6 Å². The van der Waals surface area contributed by atoms with E-state index in [9.17, 15) is 4.79 Å². The van der Waals surface area contributed by atoms with Crippen molar-refractivity contribution in [1.29, 1.82) is 0 Å². The number of nitrogens with zero attached hydrogens (tertiary/aromatic N) is 3. The Bertz CT molecular complexity index is 979. The number of amides is 1. The highest BCUT2D eigenvalue weighted by Crippen LogP contribution is 2.27. The van der Waals surface area contributed by atoms with Crippen molar-refractivity contribution in [2.45, 2.75) is 18.6 Å². The van der Waals surface area contributed by atoms with Crippen LogP contribution in [0, 0.1) is 0 Å². The minimum Gasteiger partial charge on any atom is -0.497 e. The number of methoxy groups -OCH3 is 1. The maximum absolute atomic E-state index is 12.3. The lowest BCUT2D eigenvalue weighted by Gasteiger charge is -2.09. The van der Waals surface area contributed by atoms with Crippen molar-refractivity contribution in [3.8, 4) is 17.1 Å². The van der Waals surface area contributed by atoms with Gasteiger partial charge in [0.2, 0.25) is 5.91 Å². The van der Waals surface area contributed by atoms with Crippen molar-refractivity contribution in [2.75, 3.05) is 18.2 Å². The van der Waals surface area contributed by atoms with E-state index in [0.29, 0.717) is 22.4 Å². The van der Waals surface area contributed by atoms with Gasteiger partial charge in [0.05, 0.1) is 17.9 Å². The van der Waals surface area contributed by atoms with Crippen LogP contribution in [0.2, 0.25) is 5.02 Å². The predicted molar refractivity (Wildman–Crippen MR) is 116 cm³/mol. The van der Waals surface area contributed by atoms with Gasteiger partial charge < -0.3 is 14.6 Å². The van der Waals surface area contributed by atoms with Crippen molar-refractivity contribution >= 4 is 50.9 Å². The van der Waals surface area contributed by atoms with Gasteiger partial charge in [0.25, 0.3) is 0 Å². The quantitative estimate of drug-likeness (QED) is 0.474. The average Bonchev–Trinajstić information content (AvgIpc) is 3.12. The Labute approximate surface area is 180 Å². The molecule has 0 unspecified atom stereocenters. The Morgan fingerprint density at radius 3 is 2.64 bits per heavy atom. The van der Waals surface area contributed by atoms with Gasteiger partial charge in [-0.15, -0.1) is 10.2 Å². The van der Waals surface area contributed by atoms with Gasteiger partial charge in [0.15, 0.2) is 11.0 Å². The second kappa shape index (κ2) is 9.45. The fourth-order valence-corrected chi connectivity index (χ4v) is 3.83. The lowest BCUT2D eigenvalue weighted by atomic mass is 10.2. The number of carbonyl (C=O) groups excluding carboxylic acids is 1. The average molecular weight is 482 g/mol. The molecule has 0 spiro atoms. The van der Waals surface area contributed by atoms with Gasteiger partial charge >= 0.3 is 0 Å². The number of hydrogen-bond donors (Lipinski definition) is 1. The van der Waals surface area contributed by atoms with Gasteiger partial charge in [0.1, 0.15) is 5.75 Å². The van der Waals surface area contributed by atoms with Crippen LogP contribution in [0.5, 0.6) is 5.75 Å². The summed E-state index contributed by atoms with van der Waals surface area (Å²) in [6.45, 7) is 2.72. The Morgan fingerprint density at radius 1 is 1.25 bits per heavy atom. The minimum absolute atomic E-state index is 0.129. The molecular formula is C19H18BrClN4O2S. The maximum Gasteiger partial charge on any atom is 0.234 e. The van der Waals surface area contributed by atoms with Crippen LogP contribution in [0.15, 0.2) is 52.1 Å². The Hall–Kier alpha value is -2.03. The van der Waals surface area contributed by atoms with Crippen molar-refractivity contribution in [3.05, 3.63) is 52.0 Å². The molecule has 1 N–H and O–H groups in total. The molecule has 0 saturated heterocycles.